The van der Waals surface area contributed by atoms with Gasteiger partial charge in [0, 0.05) is 37.5 Å². The van der Waals surface area contributed by atoms with Crippen LogP contribution in [0.2, 0.25) is 0 Å². The van der Waals surface area contributed by atoms with Gasteiger partial charge in [-0.1, -0.05) is 0 Å². The Labute approximate surface area is 197 Å². The molecule has 0 aromatic carbocycles. The summed E-state index contributed by atoms with van der Waals surface area (Å²) in [6.07, 6.45) is 8.04. The van der Waals surface area contributed by atoms with E-state index in [1.165, 1.54) is 6.33 Å². The van der Waals surface area contributed by atoms with Crippen molar-refractivity contribution in [3.63, 3.8) is 0 Å². The van der Waals surface area contributed by atoms with Crippen LogP contribution in [0.3, 0.4) is 0 Å². The number of aryl methyl sites for hydroxylation is 1. The largest absolute Gasteiger partial charge is 0.491 e. The van der Waals surface area contributed by atoms with Gasteiger partial charge < -0.3 is 28.9 Å². The van der Waals surface area contributed by atoms with Crippen molar-refractivity contribution in [3.05, 3.63) is 48.8 Å². The second-order valence-electron chi connectivity index (χ2n) is 9.73. The van der Waals surface area contributed by atoms with E-state index >= 15 is 0 Å². The zero-order chi connectivity index (χ0) is 23.7. The van der Waals surface area contributed by atoms with Crippen molar-refractivity contribution in [1.29, 1.82) is 0 Å². The Morgan fingerprint density at radius 1 is 1.24 bits per heavy atom. The minimum Gasteiger partial charge on any atom is -0.491 e. The molecule has 178 valence electrons. The first kappa shape index (κ1) is 21.3. The highest BCUT2D eigenvalue weighted by Gasteiger charge is 2.67. The third kappa shape index (κ3) is 3.32. The first-order chi connectivity index (χ1) is 16.3. The second-order valence-corrected chi connectivity index (χ2v) is 9.73. The van der Waals surface area contributed by atoms with Gasteiger partial charge in [-0.15, -0.1) is 0 Å². The Kier molecular flexibility index (Phi) is 4.64. The molecule has 0 bridgehead atoms. The van der Waals surface area contributed by atoms with Gasteiger partial charge in [0.15, 0.2) is 5.79 Å². The smallest absolute Gasteiger partial charge is 0.162 e. The minimum atomic E-state index is -0.720. The van der Waals surface area contributed by atoms with Crippen LogP contribution in [0.15, 0.2) is 43.1 Å². The van der Waals surface area contributed by atoms with Crippen LogP contribution in [0.1, 0.15) is 32.0 Å². The van der Waals surface area contributed by atoms with Crippen LogP contribution >= 0.6 is 0 Å². The Morgan fingerprint density at radius 2 is 2.09 bits per heavy atom. The first-order valence-electron chi connectivity index (χ1n) is 11.4. The molecule has 4 aromatic rings. The predicted molar refractivity (Wildman–Crippen MR) is 127 cm³/mol. The number of fused-ring (bicyclic) bond motifs is 3. The number of rotatable bonds is 7. The van der Waals surface area contributed by atoms with E-state index in [2.05, 4.69) is 24.8 Å². The molecule has 1 aliphatic carbocycles. The molecule has 6 rings (SSSR count). The van der Waals surface area contributed by atoms with Gasteiger partial charge in [0.1, 0.15) is 35.8 Å². The number of nitrogen functional groups attached to an aromatic ring is 1. The number of nitrogens with zero attached hydrogens (tertiary/aromatic N) is 5. The van der Waals surface area contributed by atoms with Crippen LogP contribution in [-0.2, 0) is 9.47 Å². The van der Waals surface area contributed by atoms with Gasteiger partial charge in [0.2, 0.25) is 0 Å². The highest BCUT2D eigenvalue weighted by Crippen LogP contribution is 2.51. The summed E-state index contributed by atoms with van der Waals surface area (Å²) >= 11 is 0. The summed E-state index contributed by atoms with van der Waals surface area (Å²) in [5.74, 6) is 0.548. The summed E-state index contributed by atoms with van der Waals surface area (Å²) in [5.41, 5.74) is 8.65. The topological polar surface area (TPSA) is 124 Å². The van der Waals surface area contributed by atoms with E-state index in [9.17, 15) is 0 Å². The Balaban J connectivity index is 1.29. The molecule has 0 radical (unpaired) electrons. The molecule has 10 heteroatoms. The number of piperidine rings is 1. The third-order valence-electron chi connectivity index (χ3n) is 7.20. The Bertz CT molecular complexity index is 1380. The number of hydrogen-bond acceptors (Lipinski definition) is 8. The molecule has 10 nitrogen and oxygen atoms in total. The number of ether oxygens (including phenoxy) is 3. The van der Waals surface area contributed by atoms with Crippen LogP contribution in [0, 0.1) is 6.92 Å². The molecule has 0 amide bonds. The predicted octanol–water partition coefficient (Wildman–Crippen LogP) is 2.47. The average molecular weight is 464 g/mol. The Morgan fingerprint density at radius 3 is 2.91 bits per heavy atom. The van der Waals surface area contributed by atoms with Crippen molar-refractivity contribution in [1.82, 2.24) is 29.2 Å². The summed E-state index contributed by atoms with van der Waals surface area (Å²) < 4.78 is 22.5. The van der Waals surface area contributed by atoms with Gasteiger partial charge in [-0.3, -0.25) is 5.32 Å². The van der Waals surface area contributed by atoms with Crippen LogP contribution < -0.4 is 15.8 Å². The fraction of sp³-hybridized carbons (Fsp3) is 0.458. The van der Waals surface area contributed by atoms with E-state index in [0.29, 0.717) is 12.4 Å². The number of methoxy groups -OCH3 is 1. The maximum Gasteiger partial charge on any atom is 0.162 e. The lowest BCUT2D eigenvalue weighted by Gasteiger charge is -2.33. The van der Waals surface area contributed by atoms with Crippen LogP contribution in [0.5, 0.6) is 5.75 Å². The second kappa shape index (κ2) is 7.39. The molecular formula is C24H29N7O3. The van der Waals surface area contributed by atoms with Gasteiger partial charge in [0.25, 0.3) is 0 Å². The van der Waals surface area contributed by atoms with Crippen molar-refractivity contribution in [3.8, 4) is 5.75 Å². The van der Waals surface area contributed by atoms with Crippen molar-refractivity contribution in [2.75, 3.05) is 19.5 Å². The highest BCUT2D eigenvalue weighted by atomic mass is 16.7. The monoisotopic (exact) mass is 463 g/mol. The fourth-order valence-electron chi connectivity index (χ4n) is 5.24. The highest BCUT2D eigenvalue weighted by molar-refractivity contribution is 5.86. The van der Waals surface area contributed by atoms with E-state index in [4.69, 9.17) is 19.9 Å². The number of nitrogens with two attached hydrogens (primary N) is 1. The van der Waals surface area contributed by atoms with E-state index in [-0.39, 0.29) is 23.7 Å². The van der Waals surface area contributed by atoms with Crippen molar-refractivity contribution >= 4 is 22.5 Å². The number of hydrogen-bond donors (Lipinski definition) is 2. The van der Waals surface area contributed by atoms with Crippen molar-refractivity contribution in [2.45, 2.75) is 56.7 Å². The minimum absolute atomic E-state index is 0.00208. The molecule has 4 aromatic heterocycles. The lowest BCUT2D eigenvalue weighted by Crippen LogP contribution is -2.39. The molecule has 0 unspecified atom stereocenters. The number of nitrogens with one attached hydrogen (secondary N) is 1. The number of pyridine rings is 1. The summed E-state index contributed by atoms with van der Waals surface area (Å²) in [6.45, 7) is 6.41. The zero-order valence-electron chi connectivity index (χ0n) is 19.7. The van der Waals surface area contributed by atoms with E-state index in [0.717, 1.165) is 34.5 Å². The van der Waals surface area contributed by atoms with Gasteiger partial charge >= 0.3 is 0 Å². The lowest BCUT2D eigenvalue weighted by atomic mass is 10.1. The van der Waals surface area contributed by atoms with Crippen LogP contribution in [0.25, 0.3) is 16.7 Å². The van der Waals surface area contributed by atoms with E-state index < -0.39 is 5.79 Å². The summed E-state index contributed by atoms with van der Waals surface area (Å²) in [4.78, 5) is 13.1. The van der Waals surface area contributed by atoms with E-state index in [1.54, 1.807) is 7.11 Å². The molecule has 4 atom stereocenters. The molecule has 5 heterocycles. The zero-order valence-corrected chi connectivity index (χ0v) is 19.7. The molecule has 3 N–H and O–H groups in total. The molecule has 0 spiro atoms. The number of anilines is 1. The van der Waals surface area contributed by atoms with Crippen molar-refractivity contribution < 1.29 is 14.2 Å². The molecule has 2 aliphatic rings. The standard InChI is InChI=1S/C24H29N7O3/c1-14-11-26-18-9-15(5-7-30(14)18)33-12-24-10-17(34-23(2,3)32-4)19(20(24)29-24)31-8-6-16-21(25)27-13-28-22(16)31/h5-9,11,13,17,19-20,29H,10,12H2,1-4H3,(H2,25,27,28)/t17-,19+,20-,24-/m1/s1. The SMILES string of the molecule is COC(C)(C)O[C@@H]1C[C@]2(COc3ccn4c(C)cnc4c3)N[C@@H]2[C@H]1n1ccc2c(N)ncnc21. The van der Waals surface area contributed by atoms with Crippen LogP contribution in [-0.4, -0.2) is 61.1 Å². The van der Waals surface area contributed by atoms with Gasteiger partial charge in [-0.05, 0) is 39.3 Å². The van der Waals surface area contributed by atoms with Gasteiger partial charge in [-0.2, -0.15) is 0 Å². The maximum atomic E-state index is 6.48. The van der Waals surface area contributed by atoms with Crippen molar-refractivity contribution in [2.24, 2.45) is 0 Å². The molecule has 34 heavy (non-hydrogen) atoms. The van der Waals surface area contributed by atoms with Gasteiger partial charge in [-0.25, -0.2) is 15.0 Å². The lowest BCUT2D eigenvalue weighted by molar-refractivity contribution is -0.229. The molecule has 1 saturated carbocycles. The third-order valence-corrected chi connectivity index (χ3v) is 7.20. The molecule has 1 saturated heterocycles. The summed E-state index contributed by atoms with van der Waals surface area (Å²) in [7, 11) is 1.66. The molecular weight excluding hydrogens is 434 g/mol. The normalized spacial score (nSPS) is 26.3. The summed E-state index contributed by atoms with van der Waals surface area (Å²) in [5, 5.41) is 4.52. The van der Waals surface area contributed by atoms with E-state index in [1.807, 2.05) is 62.0 Å². The quantitative estimate of drug-likeness (QED) is 0.316. The number of aromatic nitrogens is 5. The average Bonchev–Trinajstić information content (AvgIpc) is 3.09. The van der Waals surface area contributed by atoms with Gasteiger partial charge in [0.05, 0.1) is 29.1 Å². The first-order valence-corrected chi connectivity index (χ1v) is 11.4. The number of imidazole rings is 1. The fourth-order valence-corrected chi connectivity index (χ4v) is 5.24. The van der Waals surface area contributed by atoms with Crippen LogP contribution in [0.4, 0.5) is 5.82 Å². The molecule has 1 aliphatic heterocycles. The summed E-state index contributed by atoms with van der Waals surface area (Å²) in [6, 6.07) is 6.07. The molecule has 2 fully saturated rings. The Hall–Kier alpha value is -3.21. The maximum absolute atomic E-state index is 6.48.